The molecule has 0 aliphatic heterocycles. The van der Waals surface area contributed by atoms with Crippen LogP contribution in [-0.4, -0.2) is 29.5 Å². The second-order valence-electron chi connectivity index (χ2n) is 4.75. The SMILES string of the molecule is Cc1ccc(C(=O)NCCC(=O)NC(C)C)c(O)c1. The van der Waals surface area contributed by atoms with Gasteiger partial charge in [0.1, 0.15) is 5.75 Å². The fourth-order valence-corrected chi connectivity index (χ4v) is 1.61. The van der Waals surface area contributed by atoms with Gasteiger partial charge < -0.3 is 15.7 Å². The van der Waals surface area contributed by atoms with Gasteiger partial charge in [0.2, 0.25) is 5.91 Å². The number of carbonyl (C=O) groups excluding carboxylic acids is 2. The number of amides is 2. The molecule has 5 heteroatoms. The minimum absolute atomic E-state index is 0.0517. The maximum atomic E-state index is 11.8. The van der Waals surface area contributed by atoms with Crippen LogP contribution >= 0.6 is 0 Å². The second-order valence-corrected chi connectivity index (χ2v) is 4.75. The Bertz CT molecular complexity index is 470. The van der Waals surface area contributed by atoms with Crippen molar-refractivity contribution in [2.24, 2.45) is 0 Å². The third-order valence-electron chi connectivity index (χ3n) is 2.49. The van der Waals surface area contributed by atoms with Crippen molar-refractivity contribution >= 4 is 11.8 Å². The first kappa shape index (κ1) is 15.0. The Kier molecular flexibility index (Phi) is 5.36. The summed E-state index contributed by atoms with van der Waals surface area (Å²) in [7, 11) is 0. The first-order valence-electron chi connectivity index (χ1n) is 6.27. The predicted octanol–water partition coefficient (Wildman–Crippen LogP) is 1.35. The molecule has 0 atom stereocenters. The number of carbonyl (C=O) groups is 2. The number of phenols is 1. The van der Waals surface area contributed by atoms with Gasteiger partial charge >= 0.3 is 0 Å². The maximum Gasteiger partial charge on any atom is 0.255 e. The lowest BCUT2D eigenvalue weighted by molar-refractivity contribution is -0.121. The van der Waals surface area contributed by atoms with Crippen LogP contribution in [0.3, 0.4) is 0 Å². The van der Waals surface area contributed by atoms with E-state index in [9.17, 15) is 14.7 Å². The molecule has 1 rings (SSSR count). The van der Waals surface area contributed by atoms with Crippen LogP contribution in [0.25, 0.3) is 0 Å². The summed E-state index contributed by atoms with van der Waals surface area (Å²) < 4.78 is 0. The summed E-state index contributed by atoms with van der Waals surface area (Å²) in [6, 6.07) is 4.93. The molecule has 0 aliphatic carbocycles. The Labute approximate surface area is 113 Å². The molecule has 5 nitrogen and oxygen atoms in total. The Balaban J connectivity index is 2.45. The summed E-state index contributed by atoms with van der Waals surface area (Å²) in [5.74, 6) is -0.539. The number of aromatic hydroxyl groups is 1. The summed E-state index contributed by atoms with van der Waals surface area (Å²) in [5, 5.41) is 15.0. The summed E-state index contributed by atoms with van der Waals surface area (Å²) in [4.78, 5) is 23.1. The van der Waals surface area contributed by atoms with Gasteiger partial charge in [0.05, 0.1) is 5.56 Å². The smallest absolute Gasteiger partial charge is 0.255 e. The molecule has 2 amide bonds. The zero-order valence-electron chi connectivity index (χ0n) is 11.5. The fourth-order valence-electron chi connectivity index (χ4n) is 1.61. The molecule has 0 radical (unpaired) electrons. The van der Waals surface area contributed by atoms with Crippen molar-refractivity contribution < 1.29 is 14.7 Å². The highest BCUT2D eigenvalue weighted by Gasteiger charge is 2.11. The predicted molar refractivity (Wildman–Crippen MR) is 73.1 cm³/mol. The van der Waals surface area contributed by atoms with Crippen LogP contribution in [0, 0.1) is 6.92 Å². The van der Waals surface area contributed by atoms with Crippen molar-refractivity contribution in [2.75, 3.05) is 6.54 Å². The highest BCUT2D eigenvalue weighted by Crippen LogP contribution is 2.17. The van der Waals surface area contributed by atoms with Crippen molar-refractivity contribution in [1.82, 2.24) is 10.6 Å². The van der Waals surface area contributed by atoms with Gasteiger partial charge in [-0.15, -0.1) is 0 Å². The molecule has 0 aromatic heterocycles. The van der Waals surface area contributed by atoms with E-state index in [0.29, 0.717) is 0 Å². The average molecular weight is 264 g/mol. The largest absolute Gasteiger partial charge is 0.507 e. The number of hydrogen-bond donors (Lipinski definition) is 3. The Morgan fingerprint density at radius 2 is 2.00 bits per heavy atom. The topological polar surface area (TPSA) is 78.4 Å². The number of benzene rings is 1. The highest BCUT2D eigenvalue weighted by atomic mass is 16.3. The van der Waals surface area contributed by atoms with Gasteiger partial charge in [0.25, 0.3) is 5.91 Å². The zero-order valence-corrected chi connectivity index (χ0v) is 11.5. The molecule has 0 saturated heterocycles. The molecule has 1 aromatic rings. The standard InChI is InChI=1S/C14H20N2O3/c1-9(2)16-13(18)6-7-15-14(19)11-5-4-10(3)8-12(11)17/h4-5,8-9,17H,6-7H2,1-3H3,(H,15,19)(H,16,18). The lowest BCUT2D eigenvalue weighted by atomic mass is 10.1. The average Bonchev–Trinajstić information content (AvgIpc) is 2.27. The molecule has 19 heavy (non-hydrogen) atoms. The zero-order chi connectivity index (χ0) is 14.4. The summed E-state index contributed by atoms with van der Waals surface area (Å²) in [5.41, 5.74) is 1.10. The van der Waals surface area contributed by atoms with E-state index in [1.165, 1.54) is 6.07 Å². The van der Waals surface area contributed by atoms with Crippen molar-refractivity contribution in [3.63, 3.8) is 0 Å². The van der Waals surface area contributed by atoms with Crippen molar-refractivity contribution in [3.05, 3.63) is 29.3 Å². The minimum atomic E-state index is -0.380. The van der Waals surface area contributed by atoms with Crippen LogP contribution in [0.15, 0.2) is 18.2 Å². The van der Waals surface area contributed by atoms with Gasteiger partial charge in [-0.1, -0.05) is 6.07 Å². The molecule has 0 saturated carbocycles. The molecule has 0 bridgehead atoms. The van der Waals surface area contributed by atoms with Crippen LogP contribution in [0.4, 0.5) is 0 Å². The van der Waals surface area contributed by atoms with Crippen LogP contribution in [-0.2, 0) is 4.79 Å². The molecule has 0 fully saturated rings. The first-order chi connectivity index (χ1) is 8.90. The molecular formula is C14H20N2O3. The van der Waals surface area contributed by atoms with E-state index < -0.39 is 0 Å². The molecular weight excluding hydrogens is 244 g/mol. The summed E-state index contributed by atoms with van der Waals surface area (Å²) in [6.07, 6.45) is 0.219. The van der Waals surface area contributed by atoms with E-state index in [-0.39, 0.29) is 42.1 Å². The maximum absolute atomic E-state index is 11.8. The molecule has 3 N–H and O–H groups in total. The summed E-state index contributed by atoms with van der Waals surface area (Å²) >= 11 is 0. The number of rotatable bonds is 5. The van der Waals surface area contributed by atoms with Crippen molar-refractivity contribution in [1.29, 1.82) is 0 Å². The lowest BCUT2D eigenvalue weighted by Gasteiger charge is -2.09. The number of aryl methyl sites for hydroxylation is 1. The van der Waals surface area contributed by atoms with Gasteiger partial charge in [0, 0.05) is 19.0 Å². The normalized spacial score (nSPS) is 10.3. The van der Waals surface area contributed by atoms with Crippen LogP contribution < -0.4 is 10.6 Å². The van der Waals surface area contributed by atoms with Gasteiger partial charge in [-0.2, -0.15) is 0 Å². The van der Waals surface area contributed by atoms with E-state index in [1.54, 1.807) is 12.1 Å². The molecule has 0 aliphatic rings. The molecule has 1 aromatic carbocycles. The highest BCUT2D eigenvalue weighted by molar-refractivity contribution is 5.97. The molecule has 0 spiro atoms. The van der Waals surface area contributed by atoms with E-state index in [0.717, 1.165) is 5.56 Å². The van der Waals surface area contributed by atoms with E-state index in [2.05, 4.69) is 10.6 Å². The monoisotopic (exact) mass is 264 g/mol. The Morgan fingerprint density at radius 3 is 2.58 bits per heavy atom. The van der Waals surface area contributed by atoms with Gasteiger partial charge in [0.15, 0.2) is 0 Å². The van der Waals surface area contributed by atoms with Crippen LogP contribution in [0.5, 0.6) is 5.75 Å². The summed E-state index contributed by atoms with van der Waals surface area (Å²) in [6.45, 7) is 5.82. The lowest BCUT2D eigenvalue weighted by Crippen LogP contribution is -2.34. The number of nitrogens with one attached hydrogen (secondary N) is 2. The van der Waals surface area contributed by atoms with Crippen LogP contribution in [0.1, 0.15) is 36.2 Å². The minimum Gasteiger partial charge on any atom is -0.507 e. The Hall–Kier alpha value is -2.04. The van der Waals surface area contributed by atoms with Crippen molar-refractivity contribution in [3.8, 4) is 5.75 Å². The third-order valence-corrected chi connectivity index (χ3v) is 2.49. The number of phenolic OH excluding ortho intramolecular Hbond substituents is 1. The number of hydrogen-bond acceptors (Lipinski definition) is 3. The van der Waals surface area contributed by atoms with E-state index >= 15 is 0 Å². The fraction of sp³-hybridized carbons (Fsp3) is 0.429. The first-order valence-corrected chi connectivity index (χ1v) is 6.27. The molecule has 0 unspecified atom stereocenters. The third kappa shape index (κ3) is 4.99. The van der Waals surface area contributed by atoms with Gasteiger partial charge in [-0.05, 0) is 38.5 Å². The molecule has 0 heterocycles. The molecule has 104 valence electrons. The van der Waals surface area contributed by atoms with E-state index in [4.69, 9.17) is 0 Å². The Morgan fingerprint density at radius 1 is 1.32 bits per heavy atom. The van der Waals surface area contributed by atoms with Crippen LogP contribution in [0.2, 0.25) is 0 Å². The van der Waals surface area contributed by atoms with Gasteiger partial charge in [-0.25, -0.2) is 0 Å². The van der Waals surface area contributed by atoms with Crippen molar-refractivity contribution in [2.45, 2.75) is 33.2 Å². The second kappa shape index (κ2) is 6.78. The quantitative estimate of drug-likeness (QED) is 0.751. The van der Waals surface area contributed by atoms with E-state index in [1.807, 2.05) is 20.8 Å². The van der Waals surface area contributed by atoms with Gasteiger partial charge in [-0.3, -0.25) is 9.59 Å².